The van der Waals surface area contributed by atoms with E-state index in [9.17, 15) is 25.1 Å². The second-order valence-electron chi connectivity index (χ2n) is 21.2. The van der Waals surface area contributed by atoms with Crippen molar-refractivity contribution in [3.05, 3.63) is 59.3 Å². The number of carbonyl (C=O) groups is 2. The van der Waals surface area contributed by atoms with Gasteiger partial charge in [-0.2, -0.15) is 5.26 Å². The van der Waals surface area contributed by atoms with Crippen molar-refractivity contribution in [1.82, 2.24) is 10.3 Å². The van der Waals surface area contributed by atoms with Crippen LogP contribution in [0.5, 0.6) is 5.88 Å². The molecule has 0 aromatic carbocycles. The molecular formula is C48H67N3O5. The van der Waals surface area contributed by atoms with E-state index in [1.807, 2.05) is 13.8 Å². The average Bonchev–Trinajstić information content (AvgIpc) is 3.54. The first-order valence-corrected chi connectivity index (χ1v) is 21.5. The van der Waals surface area contributed by atoms with E-state index in [0.717, 1.165) is 25.7 Å². The zero-order chi connectivity index (χ0) is 40.7. The van der Waals surface area contributed by atoms with Gasteiger partial charge in [0.1, 0.15) is 23.7 Å². The number of allylic oxidation sites excluding steroid dienone is 5. The normalized spacial score (nSPS) is 40.0. The Morgan fingerprint density at radius 3 is 2.38 bits per heavy atom. The van der Waals surface area contributed by atoms with Gasteiger partial charge in [0.05, 0.1) is 5.41 Å². The summed E-state index contributed by atoms with van der Waals surface area (Å²) in [5.41, 5.74) is 2.88. The van der Waals surface area contributed by atoms with Gasteiger partial charge in [-0.1, -0.05) is 58.9 Å². The Balaban J connectivity index is 1.14. The lowest BCUT2D eigenvalue weighted by atomic mass is 9.33. The summed E-state index contributed by atoms with van der Waals surface area (Å²) in [5, 5.41) is 33.9. The first-order valence-electron chi connectivity index (χ1n) is 21.5. The fourth-order valence-electron chi connectivity index (χ4n) is 14.4. The maximum atomic E-state index is 12.8. The molecule has 4 saturated carbocycles. The highest BCUT2D eigenvalue weighted by Crippen LogP contribution is 2.76. The van der Waals surface area contributed by atoms with Crippen molar-refractivity contribution in [1.29, 1.82) is 5.26 Å². The molecule has 1 aromatic rings. The summed E-state index contributed by atoms with van der Waals surface area (Å²) in [7, 11) is 0. The molecular weight excluding hydrogens is 699 g/mol. The van der Waals surface area contributed by atoms with Crippen LogP contribution in [0, 0.1) is 73.4 Å². The maximum absolute atomic E-state index is 12.8. The Hall–Kier alpha value is -3.44. The van der Waals surface area contributed by atoms with Crippen LogP contribution in [0.3, 0.4) is 0 Å². The number of carboxylic acid groups (broad SMARTS) is 2. The number of ether oxygens (including phenoxy) is 1. The largest absolute Gasteiger partial charge is 0.481 e. The van der Waals surface area contributed by atoms with Crippen LogP contribution in [-0.2, 0) is 9.59 Å². The Labute approximate surface area is 335 Å². The Morgan fingerprint density at radius 2 is 1.73 bits per heavy atom. The van der Waals surface area contributed by atoms with Crippen LogP contribution in [0.4, 0.5) is 0 Å². The second-order valence-corrected chi connectivity index (χ2v) is 21.2. The number of nitrogens with zero attached hydrogens (tertiary/aromatic N) is 2. The summed E-state index contributed by atoms with van der Waals surface area (Å²) in [6, 6.07) is 5.41. The Kier molecular flexibility index (Phi) is 10.1. The van der Waals surface area contributed by atoms with Crippen LogP contribution in [0.25, 0.3) is 0 Å². The van der Waals surface area contributed by atoms with E-state index >= 15 is 0 Å². The second kappa shape index (κ2) is 13.8. The molecule has 304 valence electrons. The van der Waals surface area contributed by atoms with Gasteiger partial charge in [0.15, 0.2) is 0 Å². The predicted octanol–water partition coefficient (Wildman–Crippen LogP) is 10.2. The molecule has 1 heterocycles. The zero-order valence-electron chi connectivity index (χ0n) is 35.4. The summed E-state index contributed by atoms with van der Waals surface area (Å²) >= 11 is 0. The summed E-state index contributed by atoms with van der Waals surface area (Å²) in [5.74, 6) is 1.21. The molecule has 0 bridgehead atoms. The number of nitrogens with one attached hydrogen (secondary N) is 1. The molecule has 7 rings (SSSR count). The standard InChI is InChI=1S/C48H67N3O5/c1-30(2)33-16-23-48(51-28-42(3,4)40(52)53)25-24-45(8)35(38(33)48)12-13-37-44(7)19-17-34(43(5,6)36(44)18-20-46(37,45)9)31-14-21-47(22-15-31,41(54)55)29-56-39-32(27-49)11-10-26-50-39/h10-11,14,17,26,33,35-38,51H,1,12-13,15-16,18-25,28-29H2,2-9H3,(H,52,53)(H,54,55)/t33-,35+,36-,37+,38+,44-,45+,46+,47-,48-/m0/s1. The number of aliphatic carboxylic acids is 2. The lowest BCUT2D eigenvalue weighted by Crippen LogP contribution is -2.68. The molecule has 6 aliphatic carbocycles. The van der Waals surface area contributed by atoms with Gasteiger partial charge in [0.25, 0.3) is 0 Å². The van der Waals surface area contributed by atoms with E-state index in [1.54, 1.807) is 18.3 Å². The molecule has 8 nitrogen and oxygen atoms in total. The van der Waals surface area contributed by atoms with Crippen LogP contribution >= 0.6 is 0 Å². The highest BCUT2D eigenvalue weighted by atomic mass is 16.5. The third kappa shape index (κ3) is 6.03. The van der Waals surface area contributed by atoms with Gasteiger partial charge in [0.2, 0.25) is 5.88 Å². The van der Waals surface area contributed by atoms with Crippen molar-refractivity contribution in [3.63, 3.8) is 0 Å². The minimum Gasteiger partial charge on any atom is -0.481 e. The fraction of sp³-hybridized carbons (Fsp3) is 0.708. The third-order valence-electron chi connectivity index (χ3n) is 17.9. The number of hydrogen-bond donors (Lipinski definition) is 3. The van der Waals surface area contributed by atoms with E-state index < -0.39 is 22.8 Å². The van der Waals surface area contributed by atoms with E-state index in [1.165, 1.54) is 48.8 Å². The van der Waals surface area contributed by atoms with Crippen molar-refractivity contribution in [2.75, 3.05) is 13.2 Å². The Bertz CT molecular complexity index is 1890. The van der Waals surface area contributed by atoms with Crippen molar-refractivity contribution in [3.8, 4) is 11.9 Å². The molecule has 0 amide bonds. The summed E-state index contributed by atoms with van der Waals surface area (Å²) in [4.78, 5) is 29.1. The summed E-state index contributed by atoms with van der Waals surface area (Å²) in [6.07, 6.45) is 18.3. The molecule has 4 fully saturated rings. The van der Waals surface area contributed by atoms with Gasteiger partial charge in [-0.25, -0.2) is 4.98 Å². The van der Waals surface area contributed by atoms with E-state index in [0.29, 0.717) is 61.0 Å². The van der Waals surface area contributed by atoms with Crippen LogP contribution in [0.2, 0.25) is 0 Å². The smallest absolute Gasteiger partial charge is 0.313 e. The van der Waals surface area contributed by atoms with Crippen molar-refractivity contribution >= 4 is 11.9 Å². The highest BCUT2D eigenvalue weighted by Gasteiger charge is 2.70. The van der Waals surface area contributed by atoms with E-state index in [2.05, 4.69) is 76.6 Å². The minimum absolute atomic E-state index is 0.0214. The van der Waals surface area contributed by atoms with Gasteiger partial charge in [-0.15, -0.1) is 0 Å². The maximum Gasteiger partial charge on any atom is 0.313 e. The molecule has 1 aromatic heterocycles. The Morgan fingerprint density at radius 1 is 0.982 bits per heavy atom. The molecule has 0 unspecified atom stereocenters. The molecule has 0 saturated heterocycles. The third-order valence-corrected chi connectivity index (χ3v) is 17.9. The van der Waals surface area contributed by atoms with E-state index in [4.69, 9.17) is 4.74 Å². The van der Waals surface area contributed by atoms with Crippen molar-refractivity contribution < 1.29 is 24.5 Å². The lowest BCUT2D eigenvalue weighted by Gasteiger charge is -2.72. The summed E-state index contributed by atoms with van der Waals surface area (Å²) in [6.45, 7) is 23.8. The minimum atomic E-state index is -1.07. The number of rotatable bonds is 10. The molecule has 0 radical (unpaired) electrons. The molecule has 56 heavy (non-hydrogen) atoms. The topological polar surface area (TPSA) is 133 Å². The number of hydrogen-bond acceptors (Lipinski definition) is 6. The lowest BCUT2D eigenvalue weighted by molar-refractivity contribution is -0.221. The number of pyridine rings is 1. The van der Waals surface area contributed by atoms with Crippen LogP contribution in [0.1, 0.15) is 138 Å². The molecule has 8 heteroatoms. The monoisotopic (exact) mass is 766 g/mol. The molecule has 10 atom stereocenters. The van der Waals surface area contributed by atoms with Crippen LogP contribution in [-0.4, -0.2) is 45.8 Å². The molecule has 0 spiro atoms. The highest BCUT2D eigenvalue weighted by molar-refractivity contribution is 5.76. The van der Waals surface area contributed by atoms with Crippen molar-refractivity contribution in [2.45, 2.75) is 138 Å². The van der Waals surface area contributed by atoms with Crippen molar-refractivity contribution in [2.24, 2.45) is 62.1 Å². The quantitative estimate of drug-likeness (QED) is 0.201. The van der Waals surface area contributed by atoms with Crippen LogP contribution in [0.15, 0.2) is 53.8 Å². The number of fused-ring (bicyclic) bond motifs is 7. The van der Waals surface area contributed by atoms with E-state index in [-0.39, 0.29) is 39.7 Å². The molecule has 6 aliphatic rings. The predicted molar refractivity (Wildman–Crippen MR) is 219 cm³/mol. The number of carboxylic acids is 2. The first kappa shape index (κ1) is 40.7. The zero-order valence-corrected chi connectivity index (χ0v) is 35.4. The fourth-order valence-corrected chi connectivity index (χ4v) is 14.4. The van der Waals surface area contributed by atoms with Gasteiger partial charge in [0, 0.05) is 18.3 Å². The first-order chi connectivity index (χ1) is 26.2. The van der Waals surface area contributed by atoms with Gasteiger partial charge in [-0.05, 0) is 172 Å². The van der Waals surface area contributed by atoms with Gasteiger partial charge in [-0.3, -0.25) is 9.59 Å². The van der Waals surface area contributed by atoms with Gasteiger partial charge < -0.3 is 20.3 Å². The van der Waals surface area contributed by atoms with Crippen LogP contribution < -0.4 is 10.1 Å². The average molecular weight is 766 g/mol. The molecule has 3 N–H and O–H groups in total. The van der Waals surface area contributed by atoms with Gasteiger partial charge >= 0.3 is 11.9 Å². The summed E-state index contributed by atoms with van der Waals surface area (Å²) < 4.78 is 5.94. The SMILES string of the molecule is C=C(C)[C@@H]1CC[C@]2(NCC(C)(C)C(=O)O)CC[C@]3(C)[C@H](CC[C@@H]4[C@@]5(C)CC=C(C6=CC[C@](COc7ncccc7C#N)(C(=O)O)CC6)C(C)(C)[C@@H]5CC[C@]43C)[C@@H]12. The number of aromatic nitrogens is 1. The number of nitriles is 1. The molecule has 0 aliphatic heterocycles.